The molecule has 2 fully saturated rings. The third-order valence-electron chi connectivity index (χ3n) is 4.37. The van der Waals surface area contributed by atoms with Crippen molar-refractivity contribution in [2.45, 2.75) is 50.3 Å². The highest BCUT2D eigenvalue weighted by Gasteiger charge is 2.42. The molecule has 2 aliphatic rings. The lowest BCUT2D eigenvalue weighted by Crippen LogP contribution is -2.48. The third-order valence-corrected chi connectivity index (χ3v) is 4.37. The molecule has 2 aliphatic heterocycles. The Labute approximate surface area is 116 Å². The summed E-state index contributed by atoms with van der Waals surface area (Å²) in [4.78, 5) is 14.1. The molecule has 3 nitrogen and oxygen atoms in total. The number of carbonyl (C=O) groups excluding carboxylic acids is 1. The second-order valence-corrected chi connectivity index (χ2v) is 5.70. The van der Waals surface area contributed by atoms with Crippen LogP contribution in [0.15, 0.2) is 18.2 Å². The van der Waals surface area contributed by atoms with E-state index in [2.05, 4.69) is 0 Å². The predicted octanol–water partition coefficient (Wildman–Crippen LogP) is 2.02. The number of hydrogen-bond acceptors (Lipinski definition) is 2. The molecule has 2 atom stereocenters. The molecular formula is C15H17F2NO2. The maximum absolute atomic E-state index is 13.6. The zero-order chi connectivity index (χ0) is 14.3. The number of benzene rings is 1. The molecule has 1 amide bonds. The number of carbonyl (C=O) groups is 1. The molecule has 2 heterocycles. The Morgan fingerprint density at radius 1 is 1.25 bits per heavy atom. The number of piperidine rings is 1. The number of fused-ring (bicyclic) bond motifs is 2. The highest BCUT2D eigenvalue weighted by Crippen LogP contribution is 2.36. The van der Waals surface area contributed by atoms with E-state index < -0.39 is 11.6 Å². The molecule has 5 heteroatoms. The van der Waals surface area contributed by atoms with Crippen LogP contribution in [0.2, 0.25) is 0 Å². The van der Waals surface area contributed by atoms with Crippen molar-refractivity contribution in [3.63, 3.8) is 0 Å². The SMILES string of the molecule is O=C(Cc1cccc(F)c1F)N1C2CCC1CC(O)C2. The average Bonchev–Trinajstić information content (AvgIpc) is 2.67. The van der Waals surface area contributed by atoms with E-state index in [0.29, 0.717) is 12.8 Å². The quantitative estimate of drug-likeness (QED) is 0.901. The van der Waals surface area contributed by atoms with Crippen molar-refractivity contribution in [3.8, 4) is 0 Å². The minimum Gasteiger partial charge on any atom is -0.393 e. The highest BCUT2D eigenvalue weighted by molar-refractivity contribution is 5.80. The van der Waals surface area contributed by atoms with E-state index in [-0.39, 0.29) is 36.1 Å². The van der Waals surface area contributed by atoms with Crippen LogP contribution in [-0.4, -0.2) is 34.1 Å². The first-order valence-corrected chi connectivity index (χ1v) is 6.98. The van der Waals surface area contributed by atoms with E-state index in [1.807, 2.05) is 0 Å². The van der Waals surface area contributed by atoms with Gasteiger partial charge >= 0.3 is 0 Å². The molecule has 2 unspecified atom stereocenters. The maximum Gasteiger partial charge on any atom is 0.227 e. The Morgan fingerprint density at radius 3 is 2.55 bits per heavy atom. The van der Waals surface area contributed by atoms with Gasteiger partial charge in [0, 0.05) is 17.6 Å². The van der Waals surface area contributed by atoms with Crippen LogP contribution in [0, 0.1) is 11.6 Å². The molecule has 3 rings (SSSR count). The van der Waals surface area contributed by atoms with Gasteiger partial charge < -0.3 is 10.0 Å². The van der Waals surface area contributed by atoms with Gasteiger partial charge in [-0.15, -0.1) is 0 Å². The van der Waals surface area contributed by atoms with Gasteiger partial charge in [0.15, 0.2) is 11.6 Å². The molecule has 20 heavy (non-hydrogen) atoms. The zero-order valence-corrected chi connectivity index (χ0v) is 11.1. The first-order valence-electron chi connectivity index (χ1n) is 6.98. The van der Waals surface area contributed by atoms with Crippen molar-refractivity contribution in [1.82, 2.24) is 4.90 Å². The van der Waals surface area contributed by atoms with Gasteiger partial charge in [0.2, 0.25) is 5.91 Å². The van der Waals surface area contributed by atoms with E-state index in [1.165, 1.54) is 12.1 Å². The van der Waals surface area contributed by atoms with Gasteiger partial charge in [-0.1, -0.05) is 12.1 Å². The number of amides is 1. The van der Waals surface area contributed by atoms with E-state index in [4.69, 9.17) is 0 Å². The Balaban J connectivity index is 1.76. The number of rotatable bonds is 2. The fourth-order valence-electron chi connectivity index (χ4n) is 3.49. The standard InChI is InChI=1S/C15H17F2NO2/c16-13-3-1-2-9(15(13)17)6-14(20)18-10-4-5-11(18)8-12(19)7-10/h1-3,10-12,19H,4-8H2. The molecule has 1 N–H and O–H groups in total. The van der Waals surface area contributed by atoms with Crippen LogP contribution >= 0.6 is 0 Å². The van der Waals surface area contributed by atoms with Crippen LogP contribution in [-0.2, 0) is 11.2 Å². The Morgan fingerprint density at radius 2 is 1.90 bits per heavy atom. The number of hydrogen-bond donors (Lipinski definition) is 1. The summed E-state index contributed by atoms with van der Waals surface area (Å²) in [7, 11) is 0. The second kappa shape index (κ2) is 5.13. The normalized spacial score (nSPS) is 28.8. The van der Waals surface area contributed by atoms with Crippen molar-refractivity contribution < 1.29 is 18.7 Å². The fourth-order valence-corrected chi connectivity index (χ4v) is 3.49. The Bertz CT molecular complexity index is 521. The van der Waals surface area contributed by atoms with Crippen molar-refractivity contribution in [3.05, 3.63) is 35.4 Å². The molecule has 0 aliphatic carbocycles. The molecule has 2 bridgehead atoms. The topological polar surface area (TPSA) is 40.5 Å². The first-order chi connectivity index (χ1) is 9.56. The summed E-state index contributed by atoms with van der Waals surface area (Å²) in [5.41, 5.74) is 0.0977. The van der Waals surface area contributed by atoms with Crippen molar-refractivity contribution in [1.29, 1.82) is 0 Å². The van der Waals surface area contributed by atoms with Crippen LogP contribution in [0.4, 0.5) is 8.78 Å². The van der Waals surface area contributed by atoms with Gasteiger partial charge in [-0.3, -0.25) is 4.79 Å². The fraction of sp³-hybridized carbons (Fsp3) is 0.533. The van der Waals surface area contributed by atoms with Gasteiger partial charge in [-0.05, 0) is 31.7 Å². The summed E-state index contributed by atoms with van der Waals surface area (Å²) in [6, 6.07) is 4.00. The molecule has 0 aromatic heterocycles. The molecule has 1 aromatic rings. The molecule has 108 valence electrons. The lowest BCUT2D eigenvalue weighted by atomic mass is 9.98. The lowest BCUT2D eigenvalue weighted by molar-refractivity contribution is -0.136. The minimum absolute atomic E-state index is 0.0490. The van der Waals surface area contributed by atoms with Gasteiger partial charge in [0.05, 0.1) is 12.5 Å². The van der Waals surface area contributed by atoms with Crippen LogP contribution in [0.25, 0.3) is 0 Å². The predicted molar refractivity (Wildman–Crippen MR) is 69.0 cm³/mol. The van der Waals surface area contributed by atoms with Crippen molar-refractivity contribution >= 4 is 5.91 Å². The molecular weight excluding hydrogens is 264 g/mol. The van der Waals surface area contributed by atoms with Gasteiger partial charge in [0.1, 0.15) is 0 Å². The van der Waals surface area contributed by atoms with E-state index in [9.17, 15) is 18.7 Å². The highest BCUT2D eigenvalue weighted by atomic mass is 19.2. The maximum atomic E-state index is 13.6. The summed E-state index contributed by atoms with van der Waals surface area (Å²) in [6.07, 6.45) is 2.49. The smallest absolute Gasteiger partial charge is 0.227 e. The molecule has 0 spiro atoms. The first kappa shape index (κ1) is 13.5. The molecule has 0 radical (unpaired) electrons. The van der Waals surface area contributed by atoms with Crippen LogP contribution < -0.4 is 0 Å². The van der Waals surface area contributed by atoms with E-state index in [0.717, 1.165) is 18.9 Å². The van der Waals surface area contributed by atoms with Crippen LogP contribution in [0.3, 0.4) is 0 Å². The third kappa shape index (κ3) is 2.30. The molecule has 1 aromatic carbocycles. The van der Waals surface area contributed by atoms with Crippen LogP contribution in [0.1, 0.15) is 31.2 Å². The van der Waals surface area contributed by atoms with E-state index >= 15 is 0 Å². The monoisotopic (exact) mass is 281 g/mol. The van der Waals surface area contributed by atoms with Gasteiger partial charge in [-0.2, -0.15) is 0 Å². The summed E-state index contributed by atoms with van der Waals surface area (Å²) >= 11 is 0. The summed E-state index contributed by atoms with van der Waals surface area (Å²) < 4.78 is 26.8. The number of aliphatic hydroxyl groups excluding tert-OH is 1. The summed E-state index contributed by atoms with van der Waals surface area (Å²) in [5, 5.41) is 9.71. The number of halogens is 2. The zero-order valence-electron chi connectivity index (χ0n) is 11.1. The van der Waals surface area contributed by atoms with Gasteiger partial charge in [0.25, 0.3) is 0 Å². The average molecular weight is 281 g/mol. The minimum atomic E-state index is -0.940. The summed E-state index contributed by atoms with van der Waals surface area (Å²) in [6.45, 7) is 0. The molecule has 0 saturated carbocycles. The van der Waals surface area contributed by atoms with Crippen LogP contribution in [0.5, 0.6) is 0 Å². The number of aliphatic hydroxyl groups is 1. The Hall–Kier alpha value is -1.49. The largest absolute Gasteiger partial charge is 0.393 e. The van der Waals surface area contributed by atoms with E-state index in [1.54, 1.807) is 4.90 Å². The number of nitrogens with zero attached hydrogens (tertiary/aromatic N) is 1. The van der Waals surface area contributed by atoms with Crippen molar-refractivity contribution in [2.75, 3.05) is 0 Å². The lowest BCUT2D eigenvalue weighted by Gasteiger charge is -2.37. The van der Waals surface area contributed by atoms with Gasteiger partial charge in [-0.25, -0.2) is 8.78 Å². The van der Waals surface area contributed by atoms with Crippen molar-refractivity contribution in [2.24, 2.45) is 0 Å². The molecule has 2 saturated heterocycles. The summed E-state index contributed by atoms with van der Waals surface area (Å²) in [5.74, 6) is -2.04. The Kier molecular flexibility index (Phi) is 3.46. The second-order valence-electron chi connectivity index (χ2n) is 5.70.